The van der Waals surface area contributed by atoms with Crippen LogP contribution in [0.5, 0.6) is 0 Å². The molecule has 4 nitrogen and oxygen atoms in total. The molecule has 10 aromatic rings. The molecule has 3 heterocycles. The largest absolute Gasteiger partial charge is 0.455 e. The number of aromatic nitrogens is 3. The maximum atomic E-state index is 6.80. The molecule has 0 atom stereocenters. The summed E-state index contributed by atoms with van der Waals surface area (Å²) in [6.07, 6.45) is 0. The molecule has 54 heavy (non-hydrogen) atoms. The third-order valence-corrected chi connectivity index (χ3v) is 11.2. The highest BCUT2D eigenvalue weighted by atomic mass is 16.3. The molecule has 10 rings (SSSR count). The van der Waals surface area contributed by atoms with E-state index in [1.165, 1.54) is 66.4 Å². The van der Waals surface area contributed by atoms with Gasteiger partial charge >= 0.3 is 0 Å². The van der Waals surface area contributed by atoms with Crippen LogP contribution in [0.15, 0.2) is 132 Å². The first-order valence-corrected chi connectivity index (χ1v) is 18.7. The minimum atomic E-state index is 0.821. The smallest absolute Gasteiger partial charge is 0.169 e. The molecule has 4 heteroatoms. The van der Waals surface area contributed by atoms with Crippen molar-refractivity contribution >= 4 is 49.3 Å². The Morgan fingerprint density at radius 1 is 0.444 bits per heavy atom. The lowest BCUT2D eigenvalue weighted by Gasteiger charge is -2.14. The van der Waals surface area contributed by atoms with Gasteiger partial charge in [0.25, 0.3) is 0 Å². The second kappa shape index (κ2) is 12.0. The van der Waals surface area contributed by atoms with E-state index in [0.29, 0.717) is 0 Å². The van der Waals surface area contributed by atoms with Gasteiger partial charge in [0.15, 0.2) is 11.5 Å². The third-order valence-electron chi connectivity index (χ3n) is 11.2. The quantitative estimate of drug-likeness (QED) is 0.172. The van der Waals surface area contributed by atoms with Crippen molar-refractivity contribution in [3.05, 3.63) is 161 Å². The number of rotatable bonds is 4. The van der Waals surface area contributed by atoms with Crippen LogP contribution in [0.25, 0.3) is 94.0 Å². The summed E-state index contributed by atoms with van der Waals surface area (Å²) in [6, 6.07) is 46.1. The van der Waals surface area contributed by atoms with Crippen LogP contribution in [0.2, 0.25) is 0 Å². The minimum Gasteiger partial charge on any atom is -0.455 e. The lowest BCUT2D eigenvalue weighted by Crippen LogP contribution is -1.94. The Kier molecular flexibility index (Phi) is 7.15. The highest BCUT2D eigenvalue weighted by Crippen LogP contribution is 2.43. The van der Waals surface area contributed by atoms with Gasteiger partial charge in [-0.15, -0.1) is 10.2 Å². The van der Waals surface area contributed by atoms with E-state index in [9.17, 15) is 0 Å². The molecule has 0 fully saturated rings. The highest BCUT2D eigenvalue weighted by molar-refractivity contribution is 6.13. The number of hydrogen-bond donors (Lipinski definition) is 0. The fourth-order valence-corrected chi connectivity index (χ4v) is 9.15. The number of para-hydroxylation sites is 1. The number of hydrogen-bond acceptors (Lipinski definition) is 3. The zero-order valence-corrected chi connectivity index (χ0v) is 31.4. The van der Waals surface area contributed by atoms with E-state index in [0.717, 1.165) is 61.0 Å². The van der Waals surface area contributed by atoms with Gasteiger partial charge in [-0.3, -0.25) is 4.40 Å². The van der Waals surface area contributed by atoms with Crippen LogP contribution in [0.4, 0.5) is 0 Å². The van der Waals surface area contributed by atoms with E-state index in [-0.39, 0.29) is 0 Å². The average Bonchev–Trinajstić information content (AvgIpc) is 3.77. The van der Waals surface area contributed by atoms with E-state index < -0.39 is 0 Å². The second-order valence-corrected chi connectivity index (χ2v) is 15.1. The number of pyridine rings is 1. The Labute approximate surface area is 314 Å². The highest BCUT2D eigenvalue weighted by Gasteiger charge is 2.20. The fourth-order valence-electron chi connectivity index (χ4n) is 9.15. The van der Waals surface area contributed by atoms with E-state index in [1.807, 2.05) is 0 Å². The van der Waals surface area contributed by atoms with Crippen LogP contribution >= 0.6 is 0 Å². The molecular formula is C50H39N3O. The predicted octanol–water partition coefficient (Wildman–Crippen LogP) is 13.5. The summed E-state index contributed by atoms with van der Waals surface area (Å²) in [7, 11) is 0. The van der Waals surface area contributed by atoms with E-state index in [1.54, 1.807) is 0 Å². The zero-order chi connectivity index (χ0) is 36.8. The van der Waals surface area contributed by atoms with E-state index in [2.05, 4.69) is 173 Å². The molecule has 0 N–H and O–H groups in total. The Balaban J connectivity index is 1.18. The first-order valence-electron chi connectivity index (χ1n) is 18.7. The van der Waals surface area contributed by atoms with Crippen molar-refractivity contribution < 1.29 is 4.42 Å². The minimum absolute atomic E-state index is 0.821. The first kappa shape index (κ1) is 32.2. The number of fused-ring (bicyclic) bond motifs is 9. The molecule has 3 aromatic heterocycles. The molecule has 7 aromatic carbocycles. The molecular weight excluding hydrogens is 659 g/mol. The summed E-state index contributed by atoms with van der Waals surface area (Å²) in [5, 5.41) is 15.2. The summed E-state index contributed by atoms with van der Waals surface area (Å²) in [5.74, 6) is 0.821. The summed E-state index contributed by atoms with van der Waals surface area (Å²) in [6.45, 7) is 13.2. The molecule has 0 bridgehead atoms. The summed E-state index contributed by atoms with van der Waals surface area (Å²) >= 11 is 0. The van der Waals surface area contributed by atoms with Crippen LogP contribution in [0.1, 0.15) is 33.4 Å². The van der Waals surface area contributed by atoms with Crippen LogP contribution in [0, 0.1) is 41.5 Å². The lowest BCUT2D eigenvalue weighted by atomic mass is 9.89. The molecule has 0 aliphatic carbocycles. The van der Waals surface area contributed by atoms with Crippen molar-refractivity contribution in [3.8, 4) is 44.8 Å². The van der Waals surface area contributed by atoms with Crippen molar-refractivity contribution in [2.75, 3.05) is 0 Å². The standard InChI is InChI=1S/C50H39N3O/c1-28-21-30(3)46(31(4)22-28)36-19-20-45-42(25-36)43-27-37(47-32(5)23-29(2)24-33(47)6)26-41(48(43)54-45)34-15-17-35(18-16-34)49-51-52-50-40-13-8-7-11-38(40)39-12-9-10-14-44(39)53(49)50/h7-27H,1-6H3. The van der Waals surface area contributed by atoms with Crippen molar-refractivity contribution in [1.82, 2.24) is 14.6 Å². The van der Waals surface area contributed by atoms with Gasteiger partial charge in [0, 0.05) is 32.7 Å². The van der Waals surface area contributed by atoms with Gasteiger partial charge in [-0.25, -0.2) is 0 Å². The molecule has 0 aliphatic rings. The Morgan fingerprint density at radius 2 is 1.00 bits per heavy atom. The summed E-state index contributed by atoms with van der Waals surface area (Å²) in [4.78, 5) is 0. The van der Waals surface area contributed by atoms with Crippen molar-refractivity contribution in [2.45, 2.75) is 41.5 Å². The molecule has 0 unspecified atom stereocenters. The third kappa shape index (κ3) is 4.90. The van der Waals surface area contributed by atoms with Crippen molar-refractivity contribution in [1.29, 1.82) is 0 Å². The molecule has 0 saturated carbocycles. The SMILES string of the molecule is Cc1cc(C)c(-c2ccc3oc4c(-c5ccc(-c6nnc7c8ccccc8c8ccccc8n67)cc5)cc(-c5c(C)cc(C)cc5C)cc4c3c2)c(C)c1. The topological polar surface area (TPSA) is 43.3 Å². The van der Waals surface area contributed by atoms with E-state index in [4.69, 9.17) is 14.6 Å². The molecule has 0 saturated heterocycles. The van der Waals surface area contributed by atoms with Gasteiger partial charge in [0.05, 0.1) is 5.52 Å². The normalized spacial score (nSPS) is 11.9. The number of benzene rings is 7. The van der Waals surface area contributed by atoms with E-state index >= 15 is 0 Å². The maximum Gasteiger partial charge on any atom is 0.169 e. The van der Waals surface area contributed by atoms with Gasteiger partial charge in [-0.1, -0.05) is 108 Å². The summed E-state index contributed by atoms with van der Waals surface area (Å²) < 4.78 is 9.00. The Hall–Kier alpha value is -6.52. The second-order valence-electron chi connectivity index (χ2n) is 15.1. The molecule has 0 amide bonds. The fraction of sp³-hybridized carbons (Fsp3) is 0.120. The lowest BCUT2D eigenvalue weighted by molar-refractivity contribution is 0.670. The van der Waals surface area contributed by atoms with Crippen LogP contribution in [0.3, 0.4) is 0 Å². The van der Waals surface area contributed by atoms with Gasteiger partial charge in [0.2, 0.25) is 0 Å². The number of aryl methyl sites for hydroxylation is 6. The Morgan fingerprint density at radius 3 is 1.69 bits per heavy atom. The first-order chi connectivity index (χ1) is 26.2. The van der Waals surface area contributed by atoms with Crippen LogP contribution in [-0.2, 0) is 0 Å². The maximum absolute atomic E-state index is 6.80. The van der Waals surface area contributed by atoms with Crippen LogP contribution < -0.4 is 0 Å². The molecule has 260 valence electrons. The van der Waals surface area contributed by atoms with Crippen LogP contribution in [-0.4, -0.2) is 14.6 Å². The average molecular weight is 698 g/mol. The molecule has 0 aliphatic heterocycles. The Bertz CT molecular complexity index is 3110. The van der Waals surface area contributed by atoms with Crippen molar-refractivity contribution in [3.63, 3.8) is 0 Å². The van der Waals surface area contributed by atoms with Gasteiger partial charge in [0.1, 0.15) is 11.2 Å². The number of nitrogens with zero attached hydrogens (tertiary/aromatic N) is 3. The van der Waals surface area contributed by atoms with Gasteiger partial charge in [-0.2, -0.15) is 0 Å². The molecule has 0 radical (unpaired) electrons. The zero-order valence-electron chi connectivity index (χ0n) is 31.4. The summed E-state index contributed by atoms with van der Waals surface area (Å²) in [5.41, 5.74) is 19.5. The molecule has 0 spiro atoms. The van der Waals surface area contributed by atoms with Crippen molar-refractivity contribution in [2.24, 2.45) is 0 Å². The monoisotopic (exact) mass is 697 g/mol. The number of furan rings is 1. The van der Waals surface area contributed by atoms with Gasteiger partial charge in [-0.05, 0) is 127 Å². The predicted molar refractivity (Wildman–Crippen MR) is 225 cm³/mol. The van der Waals surface area contributed by atoms with Gasteiger partial charge < -0.3 is 4.42 Å².